The van der Waals surface area contributed by atoms with Gasteiger partial charge in [-0.05, 0) is 25.7 Å². The molecule has 198 valence electrons. The van der Waals surface area contributed by atoms with Gasteiger partial charge in [-0.3, -0.25) is 23.0 Å². The summed E-state index contributed by atoms with van der Waals surface area (Å²) in [5.74, 6) is -0.0970. The fourth-order valence-corrected chi connectivity index (χ4v) is 6.31. The smallest absolute Gasteiger partial charge is 0.359 e. The number of imidazole rings is 1. The van der Waals surface area contributed by atoms with Gasteiger partial charge in [0.1, 0.15) is 6.10 Å². The topological polar surface area (TPSA) is 195 Å². The largest absolute Gasteiger partial charge is 0.385 e. The first-order valence-electron chi connectivity index (χ1n) is 11.7. The number of aliphatic hydroxyl groups excluding tert-OH is 1. The molecule has 6 N–H and O–H groups in total. The van der Waals surface area contributed by atoms with Crippen molar-refractivity contribution in [1.82, 2.24) is 19.1 Å². The van der Waals surface area contributed by atoms with Crippen LogP contribution in [0.15, 0.2) is 11.1 Å². The number of hydrogen-bond acceptors (Lipinski definition) is 10. The first-order chi connectivity index (χ1) is 16.2. The average molecular weight is 518 g/mol. The summed E-state index contributed by atoms with van der Waals surface area (Å²) in [6.45, 7) is 6.36. The lowest BCUT2D eigenvalue weighted by molar-refractivity contribution is -0.112. The summed E-state index contributed by atoms with van der Waals surface area (Å²) < 4.78 is 26.9. The molecule has 1 aliphatic heterocycles. The molecule has 0 radical (unpaired) electrons. The van der Waals surface area contributed by atoms with E-state index in [1.165, 1.54) is 13.4 Å². The number of fused-ring (bicyclic) bond motifs is 1. The number of anilines is 1. The molecule has 2 aromatic rings. The quantitative estimate of drug-likeness (QED) is 0.279. The number of rotatable bonds is 10. The van der Waals surface area contributed by atoms with Crippen molar-refractivity contribution in [3.05, 3.63) is 16.7 Å². The Morgan fingerprint density at radius 3 is 2.43 bits per heavy atom. The maximum absolute atomic E-state index is 13.1. The first kappa shape index (κ1) is 27.7. The van der Waals surface area contributed by atoms with Crippen molar-refractivity contribution in [2.75, 3.05) is 12.3 Å². The van der Waals surface area contributed by atoms with Gasteiger partial charge in [-0.2, -0.15) is 4.98 Å². The first-order valence-corrected chi connectivity index (χ1v) is 13.3. The van der Waals surface area contributed by atoms with Crippen LogP contribution >= 0.6 is 7.60 Å². The van der Waals surface area contributed by atoms with Crippen LogP contribution in [0.3, 0.4) is 0 Å². The summed E-state index contributed by atoms with van der Waals surface area (Å²) in [4.78, 5) is 31.3. The molecule has 0 bridgehead atoms. The lowest BCUT2D eigenvalue weighted by Gasteiger charge is -2.40. The second-order valence-corrected chi connectivity index (χ2v) is 11.2. The van der Waals surface area contributed by atoms with E-state index in [1.807, 2.05) is 0 Å². The molecule has 1 aliphatic rings. The molecule has 3 heterocycles. The molecule has 13 nitrogen and oxygen atoms in total. The third kappa shape index (κ3) is 4.43. The van der Waals surface area contributed by atoms with Gasteiger partial charge in [-0.25, -0.2) is 4.98 Å². The molecule has 0 aromatic carbocycles. The summed E-state index contributed by atoms with van der Waals surface area (Å²) in [6, 6.07) is 0. The van der Waals surface area contributed by atoms with E-state index in [1.54, 1.807) is 27.7 Å². The molecular weight excluding hydrogens is 481 g/mol. The molecule has 35 heavy (non-hydrogen) atoms. The highest BCUT2D eigenvalue weighted by Gasteiger charge is 2.55. The minimum atomic E-state index is -4.49. The molecule has 14 heteroatoms. The zero-order valence-electron chi connectivity index (χ0n) is 20.7. The molecule has 0 aliphatic carbocycles. The SMILES string of the molecule is CCC(CC)(CC1OC[C@](O)(n2cnc3c(=O)n(C)c(N)nc32)[C@@H]1O)OP(=O)(O)C(O)(CC)CC. The second kappa shape index (κ2) is 9.55. The summed E-state index contributed by atoms with van der Waals surface area (Å²) in [5, 5.41) is 31.3. The Bertz CT molecular complexity index is 1170. The lowest BCUT2D eigenvalue weighted by Crippen LogP contribution is -2.48. The Hall–Kier alpha value is -1.86. The minimum Gasteiger partial charge on any atom is -0.385 e. The number of aromatic nitrogens is 4. The van der Waals surface area contributed by atoms with Crippen molar-refractivity contribution in [3.8, 4) is 0 Å². The predicted octanol–water partition coefficient (Wildman–Crippen LogP) is 0.777. The van der Waals surface area contributed by atoms with Crippen LogP contribution in [0.1, 0.15) is 59.8 Å². The molecule has 0 amide bonds. The van der Waals surface area contributed by atoms with Crippen molar-refractivity contribution in [3.63, 3.8) is 0 Å². The predicted molar refractivity (Wildman–Crippen MR) is 127 cm³/mol. The summed E-state index contributed by atoms with van der Waals surface area (Å²) in [5.41, 5.74) is 1.98. The molecule has 4 atom stereocenters. The van der Waals surface area contributed by atoms with E-state index in [2.05, 4.69) is 9.97 Å². The van der Waals surface area contributed by atoms with Crippen LogP contribution in [0.5, 0.6) is 0 Å². The third-order valence-electron chi connectivity index (χ3n) is 7.40. The van der Waals surface area contributed by atoms with Crippen LogP contribution in [0, 0.1) is 0 Å². The lowest BCUT2D eigenvalue weighted by atomic mass is 9.88. The average Bonchev–Trinajstić information content (AvgIpc) is 3.38. The van der Waals surface area contributed by atoms with Gasteiger partial charge in [0.05, 0.1) is 24.6 Å². The van der Waals surface area contributed by atoms with E-state index in [0.717, 1.165) is 9.13 Å². The molecular formula is C21H36N5O8P. The number of aliphatic hydroxyl groups is 3. The van der Waals surface area contributed by atoms with Crippen LogP contribution in [0.25, 0.3) is 11.2 Å². The fourth-order valence-electron chi connectivity index (χ4n) is 4.48. The Balaban J connectivity index is 1.93. The highest BCUT2D eigenvalue weighted by atomic mass is 31.2. The van der Waals surface area contributed by atoms with Crippen LogP contribution in [-0.4, -0.2) is 69.1 Å². The Labute approximate surface area is 203 Å². The van der Waals surface area contributed by atoms with Gasteiger partial charge in [-0.1, -0.05) is 27.7 Å². The fraction of sp³-hybridized carbons (Fsp3) is 0.762. The second-order valence-electron chi connectivity index (χ2n) is 9.19. The van der Waals surface area contributed by atoms with E-state index in [0.29, 0.717) is 0 Å². The zero-order chi connectivity index (χ0) is 26.4. The Morgan fingerprint density at radius 2 is 1.89 bits per heavy atom. The molecule has 0 saturated carbocycles. The van der Waals surface area contributed by atoms with E-state index in [4.69, 9.17) is 15.0 Å². The zero-order valence-corrected chi connectivity index (χ0v) is 21.6. The van der Waals surface area contributed by atoms with Crippen LogP contribution in [0.4, 0.5) is 5.95 Å². The number of nitrogens with two attached hydrogens (primary N) is 1. The van der Waals surface area contributed by atoms with Gasteiger partial charge < -0.3 is 30.7 Å². The summed E-state index contributed by atoms with van der Waals surface area (Å²) in [6.07, 6.45) is -0.781. The molecule has 2 aromatic heterocycles. The van der Waals surface area contributed by atoms with E-state index in [-0.39, 0.29) is 55.8 Å². The highest BCUT2D eigenvalue weighted by molar-refractivity contribution is 7.54. The molecule has 2 unspecified atom stereocenters. The van der Waals surface area contributed by atoms with Crippen LogP contribution in [0.2, 0.25) is 0 Å². The molecule has 1 saturated heterocycles. The maximum atomic E-state index is 13.1. The van der Waals surface area contributed by atoms with Gasteiger partial charge >= 0.3 is 7.60 Å². The number of nitrogens with zero attached hydrogens (tertiary/aromatic N) is 4. The van der Waals surface area contributed by atoms with Crippen molar-refractivity contribution in [2.24, 2.45) is 7.05 Å². The monoisotopic (exact) mass is 517 g/mol. The Morgan fingerprint density at radius 1 is 1.29 bits per heavy atom. The number of ether oxygens (including phenoxy) is 1. The highest BCUT2D eigenvalue weighted by Crippen LogP contribution is 2.61. The van der Waals surface area contributed by atoms with Gasteiger partial charge in [0.2, 0.25) is 5.95 Å². The van der Waals surface area contributed by atoms with E-state index in [9.17, 15) is 29.6 Å². The van der Waals surface area contributed by atoms with Crippen molar-refractivity contribution >= 4 is 24.7 Å². The van der Waals surface area contributed by atoms with Crippen molar-refractivity contribution in [2.45, 2.75) is 88.7 Å². The van der Waals surface area contributed by atoms with Crippen molar-refractivity contribution < 1.29 is 34.0 Å². The van der Waals surface area contributed by atoms with Crippen LogP contribution < -0.4 is 11.3 Å². The summed E-state index contributed by atoms with van der Waals surface area (Å²) in [7, 11) is -3.06. The normalized spacial score (nSPS) is 25.3. The van der Waals surface area contributed by atoms with Crippen molar-refractivity contribution in [1.29, 1.82) is 0 Å². The van der Waals surface area contributed by atoms with E-state index < -0.39 is 42.0 Å². The van der Waals surface area contributed by atoms with Gasteiger partial charge in [-0.15, -0.1) is 0 Å². The number of nitrogen functional groups attached to an aromatic ring is 1. The Kier molecular flexibility index (Phi) is 7.56. The number of hydrogen-bond donors (Lipinski definition) is 5. The van der Waals surface area contributed by atoms with Gasteiger partial charge in [0.15, 0.2) is 22.2 Å². The summed E-state index contributed by atoms with van der Waals surface area (Å²) >= 11 is 0. The molecule has 3 rings (SSSR count). The molecule has 0 spiro atoms. The van der Waals surface area contributed by atoms with Gasteiger partial charge in [0.25, 0.3) is 5.56 Å². The van der Waals surface area contributed by atoms with Crippen LogP contribution in [-0.2, 0) is 26.6 Å². The maximum Gasteiger partial charge on any atom is 0.359 e. The van der Waals surface area contributed by atoms with E-state index >= 15 is 0 Å². The third-order valence-corrected chi connectivity index (χ3v) is 9.72. The standard InChI is InChI=1S/C21H36N5O8P/c1-6-19(7-2,34-35(31,32)20(29,8-3)9-4)10-13-15(27)21(30,11-33-13)26-12-23-14-16(26)24-18(22)25(5)17(14)28/h12-13,15,27,29-30H,6-11H2,1-5H3,(H2,22,24)(H,31,32)/t13?,15-,21-/m1/s1. The molecule has 1 fully saturated rings. The minimum absolute atomic E-state index is 0.0132. The van der Waals surface area contributed by atoms with Gasteiger partial charge in [0, 0.05) is 13.5 Å².